The molecule has 86 valence electrons. The van der Waals surface area contributed by atoms with Gasteiger partial charge in [0.05, 0.1) is 10.4 Å². The van der Waals surface area contributed by atoms with E-state index in [2.05, 4.69) is 12.3 Å². The number of thiophene rings is 1. The average molecular weight is 249 g/mol. The van der Waals surface area contributed by atoms with E-state index < -0.39 is 0 Å². The molecular formula is C10H17ClN2OS. The van der Waals surface area contributed by atoms with Crippen molar-refractivity contribution >= 4 is 22.9 Å². The maximum Gasteiger partial charge on any atom is 0.0931 e. The molecule has 3 N–H and O–H groups in total. The molecule has 0 amide bonds. The van der Waals surface area contributed by atoms with Crippen LogP contribution in [-0.2, 0) is 4.74 Å². The van der Waals surface area contributed by atoms with Gasteiger partial charge < -0.3 is 4.74 Å². The summed E-state index contributed by atoms with van der Waals surface area (Å²) in [5.74, 6) is 5.98. The highest BCUT2D eigenvalue weighted by Gasteiger charge is 2.19. The topological polar surface area (TPSA) is 47.3 Å². The van der Waals surface area contributed by atoms with Crippen molar-refractivity contribution in [3.05, 3.63) is 21.3 Å². The molecule has 0 aliphatic rings. The number of nitrogens with one attached hydrogen (secondary N) is 1. The number of rotatable bonds is 6. The summed E-state index contributed by atoms with van der Waals surface area (Å²) in [5, 5.41) is 0. The molecule has 1 aromatic rings. The predicted molar refractivity (Wildman–Crippen MR) is 65.1 cm³/mol. The maximum atomic E-state index is 5.90. The molecule has 0 saturated carbocycles. The molecule has 0 spiro atoms. The second-order valence-corrected chi connectivity index (χ2v) is 5.29. The standard InChI is InChI=1S/C10H17ClN2OS/c1-7(5-6-14-2)10(13-12)8-3-4-9(11)15-8/h3-4,7,10,13H,5-6,12H2,1-2H3. The maximum absolute atomic E-state index is 5.90. The first-order valence-electron chi connectivity index (χ1n) is 4.89. The zero-order valence-corrected chi connectivity index (χ0v) is 10.6. The van der Waals surface area contributed by atoms with E-state index in [9.17, 15) is 0 Å². The zero-order valence-electron chi connectivity index (χ0n) is 9.00. The quantitative estimate of drug-likeness (QED) is 0.601. The Labute approximate surface area is 99.5 Å². The Morgan fingerprint density at radius 2 is 2.33 bits per heavy atom. The van der Waals surface area contributed by atoms with E-state index in [1.165, 1.54) is 4.88 Å². The molecule has 0 saturated heterocycles. The fourth-order valence-corrected chi connectivity index (χ4v) is 2.75. The van der Waals surface area contributed by atoms with Crippen molar-refractivity contribution in [2.24, 2.45) is 11.8 Å². The Bertz CT molecular complexity index is 293. The lowest BCUT2D eigenvalue weighted by Crippen LogP contribution is -2.32. The summed E-state index contributed by atoms with van der Waals surface area (Å²) in [7, 11) is 1.71. The van der Waals surface area contributed by atoms with Crippen LogP contribution >= 0.6 is 22.9 Å². The van der Waals surface area contributed by atoms with Crippen LogP contribution in [0.5, 0.6) is 0 Å². The third-order valence-corrected chi connectivity index (χ3v) is 3.74. The van der Waals surface area contributed by atoms with Crippen LogP contribution in [0.1, 0.15) is 24.3 Å². The average Bonchev–Trinajstić information content (AvgIpc) is 2.63. The lowest BCUT2D eigenvalue weighted by molar-refractivity contribution is 0.170. The number of halogens is 1. The van der Waals surface area contributed by atoms with Gasteiger partial charge in [0.2, 0.25) is 0 Å². The van der Waals surface area contributed by atoms with Gasteiger partial charge in [-0.1, -0.05) is 18.5 Å². The largest absolute Gasteiger partial charge is 0.385 e. The number of hydrogen-bond donors (Lipinski definition) is 2. The van der Waals surface area contributed by atoms with Crippen molar-refractivity contribution in [3.8, 4) is 0 Å². The van der Waals surface area contributed by atoms with Crippen molar-refractivity contribution in [1.82, 2.24) is 5.43 Å². The number of methoxy groups -OCH3 is 1. The summed E-state index contributed by atoms with van der Waals surface area (Å²) >= 11 is 7.46. The number of nitrogens with two attached hydrogens (primary N) is 1. The van der Waals surface area contributed by atoms with Crippen molar-refractivity contribution in [2.75, 3.05) is 13.7 Å². The normalized spacial score (nSPS) is 15.2. The molecule has 1 rings (SSSR count). The second-order valence-electron chi connectivity index (χ2n) is 3.54. The van der Waals surface area contributed by atoms with Crippen LogP contribution in [0, 0.1) is 5.92 Å². The highest BCUT2D eigenvalue weighted by atomic mass is 35.5. The van der Waals surface area contributed by atoms with Gasteiger partial charge in [0.25, 0.3) is 0 Å². The smallest absolute Gasteiger partial charge is 0.0931 e. The third kappa shape index (κ3) is 3.74. The van der Waals surface area contributed by atoms with Gasteiger partial charge in [-0.2, -0.15) is 0 Å². The molecule has 0 fully saturated rings. The molecule has 15 heavy (non-hydrogen) atoms. The van der Waals surface area contributed by atoms with Crippen LogP contribution in [-0.4, -0.2) is 13.7 Å². The Hall–Kier alpha value is -0.130. The summed E-state index contributed by atoms with van der Waals surface area (Å²) in [6.07, 6.45) is 0.973. The second kappa shape index (κ2) is 6.45. The Morgan fingerprint density at radius 1 is 1.60 bits per heavy atom. The molecule has 2 unspecified atom stereocenters. The van der Waals surface area contributed by atoms with Crippen LogP contribution < -0.4 is 11.3 Å². The van der Waals surface area contributed by atoms with E-state index in [0.29, 0.717) is 5.92 Å². The molecule has 1 heterocycles. The Balaban J connectivity index is 2.62. The molecule has 0 aliphatic heterocycles. The number of hydrazine groups is 1. The van der Waals surface area contributed by atoms with Crippen LogP contribution in [0.3, 0.4) is 0 Å². The zero-order chi connectivity index (χ0) is 11.3. The van der Waals surface area contributed by atoms with E-state index in [1.54, 1.807) is 18.4 Å². The monoisotopic (exact) mass is 248 g/mol. The summed E-state index contributed by atoms with van der Waals surface area (Å²) in [4.78, 5) is 1.17. The molecule has 0 aliphatic carbocycles. The fourth-order valence-electron chi connectivity index (χ4n) is 1.49. The van der Waals surface area contributed by atoms with Gasteiger partial charge in [-0.25, -0.2) is 0 Å². The first-order chi connectivity index (χ1) is 7.19. The molecule has 0 aromatic carbocycles. The van der Waals surface area contributed by atoms with E-state index in [4.69, 9.17) is 22.2 Å². The number of ether oxygens (including phenoxy) is 1. The number of hydrogen-bond acceptors (Lipinski definition) is 4. The van der Waals surface area contributed by atoms with E-state index in [1.807, 2.05) is 12.1 Å². The minimum Gasteiger partial charge on any atom is -0.385 e. The molecule has 5 heteroatoms. The molecule has 0 radical (unpaired) electrons. The SMILES string of the molecule is COCCC(C)C(NN)c1ccc(Cl)s1. The molecule has 2 atom stereocenters. The third-order valence-electron chi connectivity index (χ3n) is 2.43. The summed E-state index contributed by atoms with van der Waals surface area (Å²) < 4.78 is 5.85. The lowest BCUT2D eigenvalue weighted by Gasteiger charge is -2.21. The van der Waals surface area contributed by atoms with Crippen molar-refractivity contribution in [2.45, 2.75) is 19.4 Å². The van der Waals surface area contributed by atoms with Crippen LogP contribution in [0.4, 0.5) is 0 Å². The van der Waals surface area contributed by atoms with Crippen LogP contribution in [0.25, 0.3) is 0 Å². The predicted octanol–water partition coefficient (Wildman–Crippen LogP) is 2.58. The molecule has 0 bridgehead atoms. The van der Waals surface area contributed by atoms with Gasteiger partial charge in [0.15, 0.2) is 0 Å². The van der Waals surface area contributed by atoms with E-state index in [0.717, 1.165) is 17.4 Å². The first kappa shape index (κ1) is 12.9. The minimum absolute atomic E-state index is 0.151. The first-order valence-corrected chi connectivity index (χ1v) is 6.08. The van der Waals surface area contributed by atoms with Crippen LogP contribution in [0.2, 0.25) is 4.34 Å². The van der Waals surface area contributed by atoms with Crippen molar-refractivity contribution < 1.29 is 4.74 Å². The lowest BCUT2D eigenvalue weighted by atomic mass is 9.98. The Kier molecular flexibility index (Phi) is 5.56. The van der Waals surface area contributed by atoms with Gasteiger partial charge in [0.1, 0.15) is 0 Å². The summed E-state index contributed by atoms with van der Waals surface area (Å²) in [5.41, 5.74) is 2.84. The molecule has 1 aromatic heterocycles. The van der Waals surface area contributed by atoms with Gasteiger partial charge in [-0.3, -0.25) is 11.3 Å². The van der Waals surface area contributed by atoms with Crippen molar-refractivity contribution in [3.63, 3.8) is 0 Å². The van der Waals surface area contributed by atoms with Gasteiger partial charge in [-0.15, -0.1) is 11.3 Å². The highest BCUT2D eigenvalue weighted by Crippen LogP contribution is 2.31. The fraction of sp³-hybridized carbons (Fsp3) is 0.600. The highest BCUT2D eigenvalue weighted by molar-refractivity contribution is 7.16. The summed E-state index contributed by atoms with van der Waals surface area (Å²) in [6, 6.07) is 4.06. The van der Waals surface area contributed by atoms with Crippen molar-refractivity contribution in [1.29, 1.82) is 0 Å². The summed E-state index contributed by atoms with van der Waals surface area (Å²) in [6.45, 7) is 2.90. The van der Waals surface area contributed by atoms with Gasteiger partial charge in [0, 0.05) is 18.6 Å². The van der Waals surface area contributed by atoms with E-state index in [-0.39, 0.29) is 6.04 Å². The van der Waals surface area contributed by atoms with E-state index >= 15 is 0 Å². The Morgan fingerprint density at radius 3 is 2.80 bits per heavy atom. The minimum atomic E-state index is 0.151. The van der Waals surface area contributed by atoms with Crippen LogP contribution in [0.15, 0.2) is 12.1 Å². The van der Waals surface area contributed by atoms with Gasteiger partial charge >= 0.3 is 0 Å². The van der Waals surface area contributed by atoms with Gasteiger partial charge in [-0.05, 0) is 24.5 Å². The molecule has 3 nitrogen and oxygen atoms in total. The molecular weight excluding hydrogens is 232 g/mol.